The highest BCUT2D eigenvalue weighted by atomic mass is 16.3. The van der Waals surface area contributed by atoms with Gasteiger partial charge in [-0.1, -0.05) is 6.92 Å². The summed E-state index contributed by atoms with van der Waals surface area (Å²) in [4.78, 5) is 2.62. The Morgan fingerprint density at radius 2 is 1.94 bits per heavy atom. The fourth-order valence-electron chi connectivity index (χ4n) is 3.36. The molecule has 2 N–H and O–H groups in total. The molecule has 2 saturated carbocycles. The topological polar surface area (TPSA) is 35.5 Å². The van der Waals surface area contributed by atoms with Crippen LogP contribution in [0, 0.1) is 11.8 Å². The molecule has 2 aliphatic carbocycles. The zero-order valence-electron chi connectivity index (χ0n) is 11.6. The average molecular weight is 252 g/mol. The predicted molar refractivity (Wildman–Crippen MR) is 73.5 cm³/mol. The minimum Gasteiger partial charge on any atom is -0.393 e. The van der Waals surface area contributed by atoms with Crippen molar-refractivity contribution in [1.82, 2.24) is 10.2 Å². The number of hydrogen-bond acceptors (Lipinski definition) is 3. The van der Waals surface area contributed by atoms with Gasteiger partial charge in [0.1, 0.15) is 0 Å². The SMILES string of the molecule is CCC(O)C1CC(NC2CC2)CN(CC2CC2)C1. The Labute approximate surface area is 111 Å². The first-order valence-electron chi connectivity index (χ1n) is 7.91. The minimum absolute atomic E-state index is 0.101. The van der Waals surface area contributed by atoms with E-state index in [1.807, 2.05) is 0 Å². The van der Waals surface area contributed by atoms with E-state index in [0.717, 1.165) is 24.9 Å². The molecule has 3 heteroatoms. The maximum atomic E-state index is 10.2. The molecule has 3 aliphatic rings. The summed E-state index contributed by atoms with van der Waals surface area (Å²) >= 11 is 0. The smallest absolute Gasteiger partial charge is 0.0578 e. The summed E-state index contributed by atoms with van der Waals surface area (Å²) in [5.41, 5.74) is 0. The Kier molecular flexibility index (Phi) is 3.92. The van der Waals surface area contributed by atoms with Crippen molar-refractivity contribution in [2.75, 3.05) is 19.6 Å². The lowest BCUT2D eigenvalue weighted by Gasteiger charge is -2.40. The third-order valence-electron chi connectivity index (χ3n) is 4.78. The maximum absolute atomic E-state index is 10.2. The van der Waals surface area contributed by atoms with Gasteiger partial charge in [-0.3, -0.25) is 0 Å². The monoisotopic (exact) mass is 252 g/mol. The van der Waals surface area contributed by atoms with Crippen LogP contribution in [0.3, 0.4) is 0 Å². The van der Waals surface area contributed by atoms with Gasteiger partial charge in [0.2, 0.25) is 0 Å². The number of hydrogen-bond donors (Lipinski definition) is 2. The number of rotatable bonds is 6. The van der Waals surface area contributed by atoms with Gasteiger partial charge in [0.25, 0.3) is 0 Å². The van der Waals surface area contributed by atoms with Gasteiger partial charge in [0.05, 0.1) is 6.10 Å². The van der Waals surface area contributed by atoms with Gasteiger partial charge in [-0.2, -0.15) is 0 Å². The first kappa shape index (κ1) is 12.9. The first-order chi connectivity index (χ1) is 8.74. The molecule has 0 bridgehead atoms. The zero-order valence-corrected chi connectivity index (χ0v) is 11.6. The van der Waals surface area contributed by atoms with E-state index in [1.165, 1.54) is 45.2 Å². The molecule has 18 heavy (non-hydrogen) atoms. The molecule has 104 valence electrons. The van der Waals surface area contributed by atoms with Gasteiger partial charge < -0.3 is 15.3 Å². The number of nitrogens with one attached hydrogen (secondary N) is 1. The molecule has 0 amide bonds. The summed E-state index contributed by atoms with van der Waals surface area (Å²) in [6, 6.07) is 1.41. The molecule has 0 aromatic heterocycles. The normalized spacial score (nSPS) is 35.7. The average Bonchev–Trinajstić information content (AvgIpc) is 3.24. The highest BCUT2D eigenvalue weighted by Crippen LogP contribution is 2.32. The van der Waals surface area contributed by atoms with Crippen LogP contribution in [-0.2, 0) is 0 Å². The van der Waals surface area contributed by atoms with Crippen molar-refractivity contribution < 1.29 is 5.11 Å². The molecule has 3 nitrogen and oxygen atoms in total. The molecule has 3 rings (SSSR count). The van der Waals surface area contributed by atoms with Crippen LogP contribution in [0.4, 0.5) is 0 Å². The number of aliphatic hydroxyl groups is 1. The summed E-state index contributed by atoms with van der Waals surface area (Å²) in [5, 5.41) is 13.9. The second-order valence-corrected chi connectivity index (χ2v) is 6.77. The number of piperidine rings is 1. The molecule has 3 fully saturated rings. The molecule has 3 unspecified atom stereocenters. The molecule has 1 heterocycles. The van der Waals surface area contributed by atoms with Crippen LogP contribution in [0.25, 0.3) is 0 Å². The predicted octanol–water partition coefficient (Wildman–Crippen LogP) is 1.61. The molecule has 3 atom stereocenters. The summed E-state index contributed by atoms with van der Waals surface area (Å²) in [6.45, 7) is 5.71. The first-order valence-corrected chi connectivity index (χ1v) is 7.91. The Bertz CT molecular complexity index is 254. The maximum Gasteiger partial charge on any atom is 0.0578 e. The van der Waals surface area contributed by atoms with E-state index in [0.29, 0.717) is 12.0 Å². The highest BCUT2D eigenvalue weighted by Gasteiger charge is 2.35. The van der Waals surface area contributed by atoms with Crippen LogP contribution in [-0.4, -0.2) is 47.8 Å². The van der Waals surface area contributed by atoms with Crippen LogP contribution >= 0.6 is 0 Å². The standard InChI is InChI=1S/C15H28N2O/c1-2-15(18)12-7-14(16-13-5-6-13)10-17(9-12)8-11-3-4-11/h11-16,18H,2-10H2,1H3. The number of aliphatic hydroxyl groups excluding tert-OH is 1. The second kappa shape index (κ2) is 5.48. The van der Waals surface area contributed by atoms with E-state index in [1.54, 1.807) is 0 Å². The molecule has 0 radical (unpaired) electrons. The van der Waals surface area contributed by atoms with Crippen molar-refractivity contribution >= 4 is 0 Å². The van der Waals surface area contributed by atoms with Crippen LogP contribution in [0.2, 0.25) is 0 Å². The third-order valence-corrected chi connectivity index (χ3v) is 4.78. The highest BCUT2D eigenvalue weighted by molar-refractivity contribution is 4.93. The van der Waals surface area contributed by atoms with Crippen molar-refractivity contribution in [2.45, 2.75) is 63.6 Å². The van der Waals surface area contributed by atoms with Crippen LogP contribution in [0.1, 0.15) is 45.4 Å². The van der Waals surface area contributed by atoms with E-state index in [2.05, 4.69) is 17.1 Å². The molecule has 0 spiro atoms. The molecule has 1 saturated heterocycles. The van der Waals surface area contributed by atoms with Crippen molar-refractivity contribution in [3.63, 3.8) is 0 Å². The van der Waals surface area contributed by atoms with Crippen molar-refractivity contribution in [3.05, 3.63) is 0 Å². The van der Waals surface area contributed by atoms with Gasteiger partial charge >= 0.3 is 0 Å². The van der Waals surface area contributed by atoms with Gasteiger partial charge in [-0.05, 0) is 50.4 Å². The molecular weight excluding hydrogens is 224 g/mol. The summed E-state index contributed by atoms with van der Waals surface area (Å²) in [6.07, 6.45) is 7.55. The fourth-order valence-corrected chi connectivity index (χ4v) is 3.36. The Hall–Kier alpha value is -0.120. The number of likely N-dealkylation sites (tertiary alicyclic amines) is 1. The van der Waals surface area contributed by atoms with Crippen LogP contribution in [0.5, 0.6) is 0 Å². The summed E-state index contributed by atoms with van der Waals surface area (Å²) < 4.78 is 0. The fraction of sp³-hybridized carbons (Fsp3) is 1.00. The second-order valence-electron chi connectivity index (χ2n) is 6.77. The Morgan fingerprint density at radius 3 is 2.56 bits per heavy atom. The molecular formula is C15H28N2O. The van der Waals surface area contributed by atoms with E-state index in [9.17, 15) is 5.11 Å². The van der Waals surface area contributed by atoms with Crippen molar-refractivity contribution in [1.29, 1.82) is 0 Å². The van der Waals surface area contributed by atoms with Gasteiger partial charge in [0.15, 0.2) is 0 Å². The van der Waals surface area contributed by atoms with Crippen LogP contribution in [0.15, 0.2) is 0 Å². The molecule has 0 aromatic carbocycles. The minimum atomic E-state index is -0.101. The van der Waals surface area contributed by atoms with E-state index < -0.39 is 0 Å². The Morgan fingerprint density at radius 1 is 1.17 bits per heavy atom. The van der Waals surface area contributed by atoms with Gasteiger partial charge in [0, 0.05) is 31.7 Å². The Balaban J connectivity index is 1.56. The van der Waals surface area contributed by atoms with E-state index in [-0.39, 0.29) is 6.10 Å². The quantitative estimate of drug-likeness (QED) is 0.754. The molecule has 0 aromatic rings. The largest absolute Gasteiger partial charge is 0.393 e. The molecule has 1 aliphatic heterocycles. The van der Waals surface area contributed by atoms with Crippen LogP contribution < -0.4 is 5.32 Å². The lowest BCUT2D eigenvalue weighted by molar-refractivity contribution is 0.0337. The summed E-state index contributed by atoms with van der Waals surface area (Å²) in [5.74, 6) is 1.45. The van der Waals surface area contributed by atoms with Gasteiger partial charge in [-0.25, -0.2) is 0 Å². The number of nitrogens with zero attached hydrogens (tertiary/aromatic N) is 1. The van der Waals surface area contributed by atoms with Crippen molar-refractivity contribution in [3.8, 4) is 0 Å². The summed E-state index contributed by atoms with van der Waals surface area (Å²) in [7, 11) is 0. The third kappa shape index (κ3) is 3.46. The van der Waals surface area contributed by atoms with Crippen molar-refractivity contribution in [2.24, 2.45) is 11.8 Å². The zero-order chi connectivity index (χ0) is 12.5. The van der Waals surface area contributed by atoms with E-state index in [4.69, 9.17) is 0 Å². The van der Waals surface area contributed by atoms with Gasteiger partial charge in [-0.15, -0.1) is 0 Å². The van der Waals surface area contributed by atoms with E-state index >= 15 is 0 Å². The lowest BCUT2D eigenvalue weighted by atomic mass is 9.88. The lowest BCUT2D eigenvalue weighted by Crippen LogP contribution is -2.52.